The van der Waals surface area contributed by atoms with Crippen molar-refractivity contribution in [2.45, 2.75) is 13.0 Å². The summed E-state index contributed by atoms with van der Waals surface area (Å²) in [6, 6.07) is 3.56. The van der Waals surface area contributed by atoms with Gasteiger partial charge in [0.2, 0.25) is 0 Å². The Labute approximate surface area is 137 Å². The number of halogens is 1. The fraction of sp³-hybridized carbons (Fsp3) is 0.429. The summed E-state index contributed by atoms with van der Waals surface area (Å²) in [6.45, 7) is 2.59. The number of carbonyl (C=O) groups is 2. The van der Waals surface area contributed by atoms with Gasteiger partial charge in [0.25, 0.3) is 11.6 Å². The van der Waals surface area contributed by atoms with Gasteiger partial charge in [-0.1, -0.05) is 11.6 Å². The number of hydrogen-bond donors (Lipinski definition) is 0. The van der Waals surface area contributed by atoms with Gasteiger partial charge < -0.3 is 14.4 Å². The Morgan fingerprint density at radius 2 is 2.26 bits per heavy atom. The maximum atomic E-state index is 12.0. The molecule has 9 heteroatoms. The first-order chi connectivity index (χ1) is 10.9. The second-order valence-electron chi connectivity index (χ2n) is 5.02. The molecule has 0 spiro atoms. The van der Waals surface area contributed by atoms with Crippen molar-refractivity contribution in [1.82, 2.24) is 4.90 Å². The van der Waals surface area contributed by atoms with E-state index in [1.165, 1.54) is 11.0 Å². The van der Waals surface area contributed by atoms with E-state index in [2.05, 4.69) is 0 Å². The summed E-state index contributed by atoms with van der Waals surface area (Å²) in [5, 5.41) is 11.1. The van der Waals surface area contributed by atoms with Crippen molar-refractivity contribution in [2.75, 3.05) is 26.3 Å². The number of esters is 1. The van der Waals surface area contributed by atoms with E-state index < -0.39 is 23.2 Å². The summed E-state index contributed by atoms with van der Waals surface area (Å²) in [5.41, 5.74) is -0.711. The van der Waals surface area contributed by atoms with Crippen LogP contribution in [0.15, 0.2) is 18.2 Å². The van der Waals surface area contributed by atoms with Crippen LogP contribution in [0.25, 0.3) is 0 Å². The number of benzene rings is 1. The molecule has 1 aromatic carbocycles. The second-order valence-corrected chi connectivity index (χ2v) is 5.45. The van der Waals surface area contributed by atoms with Crippen molar-refractivity contribution in [1.29, 1.82) is 0 Å². The molecule has 0 N–H and O–H groups in total. The standard InChI is InChI=1S/C14H15ClN2O6/c1-9-7-16(4-5-22-9)13(18)8-23-14(19)11-6-10(15)2-3-12(11)17(20)21/h2-3,6,9H,4-5,7-8H2,1H3. The van der Waals surface area contributed by atoms with E-state index in [1.807, 2.05) is 6.92 Å². The molecular formula is C14H15ClN2O6. The second kappa shape index (κ2) is 7.38. The monoisotopic (exact) mass is 342 g/mol. The Hall–Kier alpha value is -2.19. The number of nitro benzene ring substituents is 1. The van der Waals surface area contributed by atoms with Gasteiger partial charge in [0.05, 0.1) is 17.6 Å². The highest BCUT2D eigenvalue weighted by Crippen LogP contribution is 2.23. The van der Waals surface area contributed by atoms with E-state index in [1.54, 1.807) is 0 Å². The van der Waals surface area contributed by atoms with Gasteiger partial charge in [0, 0.05) is 24.2 Å². The van der Waals surface area contributed by atoms with E-state index >= 15 is 0 Å². The molecule has 0 saturated carbocycles. The molecule has 0 aromatic heterocycles. The molecule has 1 saturated heterocycles. The number of morpholine rings is 1. The molecule has 1 fully saturated rings. The zero-order valence-electron chi connectivity index (χ0n) is 12.4. The molecule has 1 atom stereocenters. The third-order valence-electron chi connectivity index (χ3n) is 3.30. The largest absolute Gasteiger partial charge is 0.452 e. The summed E-state index contributed by atoms with van der Waals surface area (Å²) < 4.78 is 10.2. The lowest BCUT2D eigenvalue weighted by atomic mass is 10.2. The molecule has 124 valence electrons. The Morgan fingerprint density at radius 3 is 2.91 bits per heavy atom. The smallest absolute Gasteiger partial charge is 0.345 e. The average molecular weight is 343 g/mol. The quantitative estimate of drug-likeness (QED) is 0.468. The molecule has 1 aliphatic heterocycles. The van der Waals surface area contributed by atoms with Crippen LogP contribution in [-0.2, 0) is 14.3 Å². The third-order valence-corrected chi connectivity index (χ3v) is 3.53. The van der Waals surface area contributed by atoms with Crippen molar-refractivity contribution < 1.29 is 24.0 Å². The number of ether oxygens (including phenoxy) is 2. The van der Waals surface area contributed by atoms with Crippen molar-refractivity contribution in [3.05, 3.63) is 38.9 Å². The fourth-order valence-electron chi connectivity index (χ4n) is 2.17. The predicted octanol–water partition coefficient (Wildman–Crippen LogP) is 1.65. The fourth-order valence-corrected chi connectivity index (χ4v) is 2.34. The van der Waals surface area contributed by atoms with Crippen LogP contribution in [-0.4, -0.2) is 54.1 Å². The zero-order valence-corrected chi connectivity index (χ0v) is 13.1. The summed E-state index contributed by atoms with van der Waals surface area (Å²) in [6.07, 6.45) is -0.0857. The number of nitrogens with zero attached hydrogens (tertiary/aromatic N) is 2. The van der Waals surface area contributed by atoms with Crippen LogP contribution in [0, 0.1) is 10.1 Å². The summed E-state index contributed by atoms with van der Waals surface area (Å²) in [7, 11) is 0. The van der Waals surface area contributed by atoms with E-state index in [9.17, 15) is 19.7 Å². The molecule has 23 heavy (non-hydrogen) atoms. The first-order valence-corrected chi connectivity index (χ1v) is 7.26. The molecule has 0 bridgehead atoms. The minimum absolute atomic E-state index is 0.0857. The topological polar surface area (TPSA) is 99.0 Å². The van der Waals surface area contributed by atoms with Gasteiger partial charge >= 0.3 is 5.97 Å². The predicted molar refractivity (Wildman–Crippen MR) is 80.4 cm³/mol. The number of carbonyl (C=O) groups excluding carboxylic acids is 2. The lowest BCUT2D eigenvalue weighted by Gasteiger charge is -2.30. The lowest BCUT2D eigenvalue weighted by Crippen LogP contribution is -2.46. The molecule has 8 nitrogen and oxygen atoms in total. The van der Waals surface area contributed by atoms with Crippen LogP contribution < -0.4 is 0 Å². The Balaban J connectivity index is 2.01. The molecule has 1 aliphatic rings. The Kier molecular flexibility index (Phi) is 5.51. The van der Waals surface area contributed by atoms with E-state index in [0.717, 1.165) is 12.1 Å². The maximum absolute atomic E-state index is 12.0. The van der Waals surface area contributed by atoms with E-state index in [0.29, 0.717) is 19.7 Å². The average Bonchev–Trinajstić information content (AvgIpc) is 2.51. The van der Waals surface area contributed by atoms with Crippen LogP contribution in [0.3, 0.4) is 0 Å². The Morgan fingerprint density at radius 1 is 1.52 bits per heavy atom. The van der Waals surface area contributed by atoms with Gasteiger partial charge in [-0.05, 0) is 19.1 Å². The van der Waals surface area contributed by atoms with E-state index in [4.69, 9.17) is 21.1 Å². The first-order valence-electron chi connectivity index (χ1n) is 6.89. The molecule has 0 radical (unpaired) electrons. The van der Waals surface area contributed by atoms with Crippen molar-refractivity contribution in [3.8, 4) is 0 Å². The van der Waals surface area contributed by atoms with Crippen LogP contribution in [0.1, 0.15) is 17.3 Å². The van der Waals surface area contributed by atoms with Crippen LogP contribution >= 0.6 is 11.6 Å². The van der Waals surface area contributed by atoms with Gasteiger partial charge in [0.15, 0.2) is 6.61 Å². The van der Waals surface area contributed by atoms with Crippen molar-refractivity contribution in [2.24, 2.45) is 0 Å². The van der Waals surface area contributed by atoms with Gasteiger partial charge in [-0.2, -0.15) is 0 Å². The SMILES string of the molecule is CC1CN(C(=O)COC(=O)c2cc(Cl)ccc2[N+](=O)[O-])CCO1. The van der Waals surface area contributed by atoms with Gasteiger partial charge in [-0.15, -0.1) is 0 Å². The van der Waals surface area contributed by atoms with Crippen LogP contribution in [0.4, 0.5) is 5.69 Å². The van der Waals surface area contributed by atoms with Gasteiger partial charge in [-0.25, -0.2) is 4.79 Å². The molecule has 1 unspecified atom stereocenters. The molecule has 1 aromatic rings. The van der Waals surface area contributed by atoms with Crippen molar-refractivity contribution >= 4 is 29.2 Å². The van der Waals surface area contributed by atoms with Crippen LogP contribution in [0.5, 0.6) is 0 Å². The van der Waals surface area contributed by atoms with E-state index in [-0.39, 0.29) is 22.6 Å². The number of amides is 1. The molecule has 1 amide bonds. The zero-order chi connectivity index (χ0) is 17.0. The molecular weight excluding hydrogens is 328 g/mol. The highest BCUT2D eigenvalue weighted by molar-refractivity contribution is 6.31. The minimum Gasteiger partial charge on any atom is -0.452 e. The Bertz CT molecular complexity index is 636. The number of rotatable bonds is 4. The highest BCUT2D eigenvalue weighted by Gasteiger charge is 2.25. The summed E-state index contributed by atoms with van der Waals surface area (Å²) >= 11 is 5.75. The normalized spacial score (nSPS) is 17.7. The summed E-state index contributed by atoms with van der Waals surface area (Å²) in [4.78, 5) is 35.7. The minimum atomic E-state index is -0.964. The first kappa shape index (κ1) is 17.2. The number of nitro groups is 1. The molecule has 0 aliphatic carbocycles. The van der Waals surface area contributed by atoms with Gasteiger partial charge in [0.1, 0.15) is 5.56 Å². The highest BCUT2D eigenvalue weighted by atomic mass is 35.5. The number of hydrogen-bond acceptors (Lipinski definition) is 6. The van der Waals surface area contributed by atoms with Crippen LogP contribution in [0.2, 0.25) is 5.02 Å². The lowest BCUT2D eigenvalue weighted by molar-refractivity contribution is -0.385. The molecule has 2 rings (SSSR count). The maximum Gasteiger partial charge on any atom is 0.345 e. The molecule has 1 heterocycles. The summed E-state index contributed by atoms with van der Waals surface area (Å²) in [5.74, 6) is -1.34. The third kappa shape index (κ3) is 4.40. The van der Waals surface area contributed by atoms with Crippen molar-refractivity contribution in [3.63, 3.8) is 0 Å². The van der Waals surface area contributed by atoms with Gasteiger partial charge in [-0.3, -0.25) is 14.9 Å².